The van der Waals surface area contributed by atoms with Gasteiger partial charge in [-0.2, -0.15) is 0 Å². The van der Waals surface area contributed by atoms with Gasteiger partial charge in [-0.05, 0) is 37.5 Å². The number of nitrogens with one attached hydrogen (secondary N) is 1. The molecular weight excluding hydrogens is 198 g/mol. The lowest BCUT2D eigenvalue weighted by Crippen LogP contribution is -2.04. The second-order valence-electron chi connectivity index (χ2n) is 4.13. The number of anilines is 1. The molecule has 1 aromatic rings. The van der Waals surface area contributed by atoms with E-state index < -0.39 is 0 Å². The predicted molar refractivity (Wildman–Crippen MR) is 70.4 cm³/mol. The maximum atomic E-state index is 5.71. The van der Waals surface area contributed by atoms with Crippen LogP contribution in [0.25, 0.3) is 0 Å². The number of unbranched alkanes of at least 4 members (excludes halogenated alkanes) is 1. The van der Waals surface area contributed by atoms with Crippen molar-refractivity contribution in [2.45, 2.75) is 40.0 Å². The zero-order chi connectivity index (χ0) is 11.8. The topological polar surface area (TPSA) is 21.3 Å². The summed E-state index contributed by atoms with van der Waals surface area (Å²) in [4.78, 5) is 0. The fourth-order valence-electron chi connectivity index (χ4n) is 1.52. The Morgan fingerprint density at radius 2 is 2.00 bits per heavy atom. The zero-order valence-corrected chi connectivity index (χ0v) is 10.7. The molecule has 1 aromatic carbocycles. The molecule has 0 spiro atoms. The maximum Gasteiger partial charge on any atom is 0.142 e. The SMILES string of the molecule is CCCCNc1cc(C)ccc1OCCC. The van der Waals surface area contributed by atoms with Crippen molar-refractivity contribution in [1.82, 2.24) is 0 Å². The van der Waals surface area contributed by atoms with E-state index in [-0.39, 0.29) is 0 Å². The number of benzene rings is 1. The van der Waals surface area contributed by atoms with Crippen LogP contribution < -0.4 is 10.1 Å². The highest BCUT2D eigenvalue weighted by Crippen LogP contribution is 2.25. The van der Waals surface area contributed by atoms with E-state index in [4.69, 9.17) is 4.74 Å². The molecule has 2 heteroatoms. The van der Waals surface area contributed by atoms with Gasteiger partial charge in [-0.25, -0.2) is 0 Å². The summed E-state index contributed by atoms with van der Waals surface area (Å²) in [5.41, 5.74) is 2.39. The average molecular weight is 221 g/mol. The first-order valence-corrected chi connectivity index (χ1v) is 6.25. The van der Waals surface area contributed by atoms with E-state index in [2.05, 4.69) is 44.3 Å². The van der Waals surface area contributed by atoms with Gasteiger partial charge >= 0.3 is 0 Å². The van der Waals surface area contributed by atoms with E-state index in [9.17, 15) is 0 Å². The second-order valence-corrected chi connectivity index (χ2v) is 4.13. The highest BCUT2D eigenvalue weighted by Gasteiger charge is 2.02. The molecule has 0 aliphatic heterocycles. The summed E-state index contributed by atoms with van der Waals surface area (Å²) in [7, 11) is 0. The van der Waals surface area contributed by atoms with Crippen molar-refractivity contribution < 1.29 is 4.74 Å². The van der Waals surface area contributed by atoms with Crippen LogP contribution in [0.15, 0.2) is 18.2 Å². The quantitative estimate of drug-likeness (QED) is 0.703. The molecule has 0 saturated carbocycles. The van der Waals surface area contributed by atoms with E-state index in [1.54, 1.807) is 0 Å². The Labute approximate surface area is 99.0 Å². The Balaban J connectivity index is 2.65. The van der Waals surface area contributed by atoms with E-state index in [1.807, 2.05) is 0 Å². The van der Waals surface area contributed by atoms with Crippen molar-refractivity contribution >= 4 is 5.69 Å². The molecule has 0 radical (unpaired) electrons. The Bertz CT molecular complexity index is 310. The summed E-state index contributed by atoms with van der Waals surface area (Å²) in [6.45, 7) is 8.23. The van der Waals surface area contributed by atoms with E-state index in [1.165, 1.54) is 18.4 Å². The van der Waals surface area contributed by atoms with Gasteiger partial charge in [-0.15, -0.1) is 0 Å². The fourth-order valence-corrected chi connectivity index (χ4v) is 1.52. The Kier molecular flexibility index (Phi) is 5.76. The molecule has 0 amide bonds. The van der Waals surface area contributed by atoms with Gasteiger partial charge in [0.05, 0.1) is 12.3 Å². The molecule has 0 saturated heterocycles. The summed E-state index contributed by atoms with van der Waals surface area (Å²) in [5.74, 6) is 0.976. The predicted octanol–water partition coefficient (Wildman–Crippen LogP) is 4.00. The summed E-state index contributed by atoms with van der Waals surface area (Å²) in [6.07, 6.45) is 3.45. The van der Waals surface area contributed by atoms with Crippen molar-refractivity contribution in [3.63, 3.8) is 0 Å². The Morgan fingerprint density at radius 3 is 2.69 bits per heavy atom. The van der Waals surface area contributed by atoms with Gasteiger partial charge in [0, 0.05) is 6.54 Å². The smallest absolute Gasteiger partial charge is 0.142 e. The van der Waals surface area contributed by atoms with Crippen LogP contribution in [0.1, 0.15) is 38.7 Å². The summed E-state index contributed by atoms with van der Waals surface area (Å²) < 4.78 is 5.71. The van der Waals surface area contributed by atoms with Crippen LogP contribution in [-0.2, 0) is 0 Å². The van der Waals surface area contributed by atoms with Crippen LogP contribution in [0.3, 0.4) is 0 Å². The minimum Gasteiger partial charge on any atom is -0.491 e. The van der Waals surface area contributed by atoms with Gasteiger partial charge in [0.25, 0.3) is 0 Å². The summed E-state index contributed by atoms with van der Waals surface area (Å²) in [6, 6.07) is 6.30. The van der Waals surface area contributed by atoms with Gasteiger partial charge in [0.1, 0.15) is 5.75 Å². The number of hydrogen-bond acceptors (Lipinski definition) is 2. The van der Waals surface area contributed by atoms with Gasteiger partial charge < -0.3 is 10.1 Å². The molecule has 0 aliphatic carbocycles. The molecular formula is C14H23NO. The first-order valence-electron chi connectivity index (χ1n) is 6.25. The van der Waals surface area contributed by atoms with Crippen LogP contribution >= 0.6 is 0 Å². The number of hydrogen-bond donors (Lipinski definition) is 1. The highest BCUT2D eigenvalue weighted by molar-refractivity contribution is 5.57. The monoisotopic (exact) mass is 221 g/mol. The average Bonchev–Trinajstić information content (AvgIpc) is 2.28. The summed E-state index contributed by atoms with van der Waals surface area (Å²) >= 11 is 0. The third kappa shape index (κ3) is 4.13. The van der Waals surface area contributed by atoms with Gasteiger partial charge in [0.15, 0.2) is 0 Å². The Hall–Kier alpha value is -1.18. The second kappa shape index (κ2) is 7.15. The molecule has 1 N–H and O–H groups in total. The van der Waals surface area contributed by atoms with Gasteiger partial charge in [-0.3, -0.25) is 0 Å². The molecule has 0 aromatic heterocycles. The van der Waals surface area contributed by atoms with Crippen LogP contribution in [0.4, 0.5) is 5.69 Å². The van der Waals surface area contributed by atoms with Crippen molar-refractivity contribution in [2.24, 2.45) is 0 Å². The van der Waals surface area contributed by atoms with Crippen LogP contribution in [-0.4, -0.2) is 13.2 Å². The number of rotatable bonds is 7. The molecule has 2 nitrogen and oxygen atoms in total. The molecule has 0 fully saturated rings. The fraction of sp³-hybridized carbons (Fsp3) is 0.571. The lowest BCUT2D eigenvalue weighted by atomic mass is 10.2. The largest absolute Gasteiger partial charge is 0.491 e. The zero-order valence-electron chi connectivity index (χ0n) is 10.7. The molecule has 0 aliphatic rings. The lowest BCUT2D eigenvalue weighted by Gasteiger charge is -2.13. The van der Waals surface area contributed by atoms with Crippen LogP contribution in [0.2, 0.25) is 0 Å². The van der Waals surface area contributed by atoms with Crippen LogP contribution in [0, 0.1) is 6.92 Å². The molecule has 0 heterocycles. The van der Waals surface area contributed by atoms with Crippen molar-refractivity contribution in [1.29, 1.82) is 0 Å². The molecule has 16 heavy (non-hydrogen) atoms. The van der Waals surface area contributed by atoms with Crippen molar-refractivity contribution in [2.75, 3.05) is 18.5 Å². The Morgan fingerprint density at radius 1 is 1.19 bits per heavy atom. The molecule has 90 valence electrons. The first-order chi connectivity index (χ1) is 7.77. The molecule has 0 bridgehead atoms. The highest BCUT2D eigenvalue weighted by atomic mass is 16.5. The standard InChI is InChI=1S/C14H23NO/c1-4-6-9-15-13-11-12(3)7-8-14(13)16-10-5-2/h7-8,11,15H,4-6,9-10H2,1-3H3. The van der Waals surface area contributed by atoms with Gasteiger partial charge in [0.2, 0.25) is 0 Å². The third-order valence-electron chi connectivity index (χ3n) is 2.44. The normalized spacial score (nSPS) is 10.2. The van der Waals surface area contributed by atoms with Gasteiger partial charge in [-0.1, -0.05) is 26.3 Å². The molecule has 1 rings (SSSR count). The lowest BCUT2D eigenvalue weighted by molar-refractivity contribution is 0.319. The minimum atomic E-state index is 0.783. The van der Waals surface area contributed by atoms with Crippen molar-refractivity contribution in [3.8, 4) is 5.75 Å². The third-order valence-corrected chi connectivity index (χ3v) is 2.44. The van der Waals surface area contributed by atoms with E-state index >= 15 is 0 Å². The van der Waals surface area contributed by atoms with Crippen LogP contribution in [0.5, 0.6) is 5.75 Å². The number of ether oxygens (including phenoxy) is 1. The minimum absolute atomic E-state index is 0.783. The van der Waals surface area contributed by atoms with E-state index in [0.29, 0.717) is 0 Å². The molecule has 0 unspecified atom stereocenters. The summed E-state index contributed by atoms with van der Waals surface area (Å²) in [5, 5.41) is 3.44. The van der Waals surface area contributed by atoms with E-state index in [0.717, 1.165) is 31.0 Å². The number of aryl methyl sites for hydroxylation is 1. The first kappa shape index (κ1) is 12.9. The maximum absolute atomic E-state index is 5.71. The van der Waals surface area contributed by atoms with Crippen molar-refractivity contribution in [3.05, 3.63) is 23.8 Å². The molecule has 0 atom stereocenters.